The van der Waals surface area contributed by atoms with E-state index in [0.717, 1.165) is 0 Å². The Labute approximate surface area is 125 Å². The van der Waals surface area contributed by atoms with Crippen LogP contribution in [0.1, 0.15) is 10.4 Å². The minimum absolute atomic E-state index is 0.0226. The average Bonchev–Trinajstić information content (AvgIpc) is 2.47. The van der Waals surface area contributed by atoms with Crippen LogP contribution in [0.3, 0.4) is 0 Å². The van der Waals surface area contributed by atoms with Gasteiger partial charge in [0.1, 0.15) is 11.5 Å². The molecule has 0 amide bonds. The third-order valence-electron chi connectivity index (χ3n) is 2.87. The first-order chi connectivity index (χ1) is 9.97. The highest BCUT2D eigenvalue weighted by Crippen LogP contribution is 2.34. The van der Waals surface area contributed by atoms with Crippen LogP contribution in [-0.2, 0) is 0 Å². The van der Waals surface area contributed by atoms with Gasteiger partial charge in [0.25, 0.3) is 5.56 Å². The molecule has 0 aliphatic heterocycles. The fourth-order valence-electron chi connectivity index (χ4n) is 1.83. The van der Waals surface area contributed by atoms with Crippen molar-refractivity contribution in [2.75, 3.05) is 14.2 Å². The first-order valence-corrected chi connectivity index (χ1v) is 6.23. The molecule has 1 heterocycles. The lowest BCUT2D eigenvalue weighted by Gasteiger charge is -2.14. The largest absolute Gasteiger partial charge is 0.495 e. The van der Waals surface area contributed by atoms with Gasteiger partial charge in [0.15, 0.2) is 0 Å². The highest BCUT2D eigenvalue weighted by molar-refractivity contribution is 6.32. The van der Waals surface area contributed by atoms with Gasteiger partial charge in [-0.05, 0) is 6.07 Å². The van der Waals surface area contributed by atoms with Gasteiger partial charge in [0.05, 0.1) is 30.5 Å². The Kier molecular flexibility index (Phi) is 4.18. The van der Waals surface area contributed by atoms with E-state index in [-0.39, 0.29) is 5.56 Å². The fraction of sp³-hybridized carbons (Fsp3) is 0.143. The Hall–Kier alpha value is -2.47. The van der Waals surface area contributed by atoms with Crippen molar-refractivity contribution < 1.29 is 19.4 Å². The Morgan fingerprint density at radius 2 is 1.86 bits per heavy atom. The summed E-state index contributed by atoms with van der Waals surface area (Å²) in [6.45, 7) is 0. The van der Waals surface area contributed by atoms with E-state index in [0.29, 0.717) is 22.2 Å². The third kappa shape index (κ3) is 2.85. The van der Waals surface area contributed by atoms with Gasteiger partial charge in [-0.15, -0.1) is 0 Å². The van der Waals surface area contributed by atoms with Gasteiger partial charge >= 0.3 is 5.97 Å². The topological polar surface area (TPSA) is 77.8 Å². The molecule has 0 aliphatic carbocycles. The summed E-state index contributed by atoms with van der Waals surface area (Å²) in [4.78, 5) is 23.0. The minimum atomic E-state index is -1.14. The molecule has 0 radical (unpaired) electrons. The second-order valence-electron chi connectivity index (χ2n) is 4.09. The second-order valence-corrected chi connectivity index (χ2v) is 4.50. The number of methoxy groups -OCH3 is 2. The van der Waals surface area contributed by atoms with E-state index in [1.54, 1.807) is 0 Å². The number of carbonyl (C=O) groups is 1. The monoisotopic (exact) mass is 309 g/mol. The van der Waals surface area contributed by atoms with Crippen LogP contribution in [0.2, 0.25) is 5.02 Å². The molecule has 1 aromatic heterocycles. The van der Waals surface area contributed by atoms with Crippen molar-refractivity contribution in [2.24, 2.45) is 0 Å². The number of benzene rings is 1. The van der Waals surface area contributed by atoms with Gasteiger partial charge in [-0.25, -0.2) is 4.79 Å². The first kappa shape index (κ1) is 14.9. The molecule has 0 atom stereocenters. The second kappa shape index (κ2) is 5.88. The summed E-state index contributed by atoms with van der Waals surface area (Å²) in [7, 11) is 2.86. The summed E-state index contributed by atoms with van der Waals surface area (Å²) >= 11 is 6.00. The van der Waals surface area contributed by atoms with Crippen molar-refractivity contribution in [1.82, 2.24) is 4.57 Å². The van der Waals surface area contributed by atoms with Crippen molar-refractivity contribution in [1.29, 1.82) is 0 Å². The van der Waals surface area contributed by atoms with E-state index >= 15 is 0 Å². The molecule has 0 spiro atoms. The molecule has 0 bridgehead atoms. The zero-order valence-corrected chi connectivity index (χ0v) is 12.0. The Bertz CT molecular complexity index is 754. The third-order valence-corrected chi connectivity index (χ3v) is 3.17. The van der Waals surface area contributed by atoms with Crippen molar-refractivity contribution >= 4 is 17.6 Å². The molecule has 21 heavy (non-hydrogen) atoms. The Morgan fingerprint density at radius 1 is 1.19 bits per heavy atom. The molecule has 0 unspecified atom stereocenters. The first-order valence-electron chi connectivity index (χ1n) is 5.86. The zero-order valence-electron chi connectivity index (χ0n) is 11.3. The van der Waals surface area contributed by atoms with Gasteiger partial charge in [0, 0.05) is 24.4 Å². The maximum absolute atomic E-state index is 12.0. The van der Waals surface area contributed by atoms with Crippen LogP contribution in [0, 0.1) is 0 Å². The summed E-state index contributed by atoms with van der Waals surface area (Å²) in [5.41, 5.74) is -0.0832. The number of aromatic nitrogens is 1. The average molecular weight is 310 g/mol. The smallest absolute Gasteiger partial charge is 0.337 e. The maximum atomic E-state index is 12.0. The molecule has 0 fully saturated rings. The summed E-state index contributed by atoms with van der Waals surface area (Å²) in [5.74, 6) is -0.464. The number of hydrogen-bond donors (Lipinski definition) is 1. The molecular formula is C14H12ClNO5. The standard InChI is InChI=1S/C14H12ClNO5/c1-20-11-6-10(12(21-2)5-9(11)15)16-7-8(14(18)19)3-4-13(16)17/h3-7H,1-2H3,(H,18,19). The number of carboxylic acid groups (broad SMARTS) is 1. The summed E-state index contributed by atoms with van der Waals surface area (Å²) in [6.07, 6.45) is 1.22. The zero-order chi connectivity index (χ0) is 15.6. The molecule has 0 aliphatic rings. The van der Waals surface area contributed by atoms with Crippen LogP contribution >= 0.6 is 11.6 Å². The SMILES string of the molecule is COc1cc(-n2cc(C(=O)O)ccc2=O)c(OC)cc1Cl. The Morgan fingerprint density at radius 3 is 2.43 bits per heavy atom. The molecule has 1 aromatic carbocycles. The predicted octanol–water partition coefficient (Wildman–Crippen LogP) is 2.21. The number of halogens is 1. The van der Waals surface area contributed by atoms with Gasteiger partial charge in [-0.2, -0.15) is 0 Å². The number of hydrogen-bond acceptors (Lipinski definition) is 4. The summed E-state index contributed by atoms with van der Waals surface area (Å²) < 4.78 is 11.5. The van der Waals surface area contributed by atoms with Crippen molar-refractivity contribution in [3.05, 3.63) is 51.4 Å². The van der Waals surface area contributed by atoms with Gasteiger partial charge in [-0.3, -0.25) is 9.36 Å². The van der Waals surface area contributed by atoms with Crippen molar-refractivity contribution in [3.63, 3.8) is 0 Å². The number of nitrogens with zero attached hydrogens (tertiary/aromatic N) is 1. The molecule has 6 nitrogen and oxygen atoms in total. The summed E-state index contributed by atoms with van der Waals surface area (Å²) in [5, 5.41) is 9.35. The van der Waals surface area contributed by atoms with E-state index in [1.807, 2.05) is 0 Å². The lowest BCUT2D eigenvalue weighted by molar-refractivity contribution is 0.0696. The minimum Gasteiger partial charge on any atom is -0.495 e. The van der Waals surface area contributed by atoms with E-state index in [2.05, 4.69) is 0 Å². The lowest BCUT2D eigenvalue weighted by atomic mass is 10.2. The number of aromatic carboxylic acids is 1. The molecule has 1 N–H and O–H groups in total. The molecule has 2 aromatic rings. The van der Waals surface area contributed by atoms with Crippen LogP contribution in [0.5, 0.6) is 11.5 Å². The Balaban J connectivity index is 2.73. The van der Waals surface area contributed by atoms with Crippen LogP contribution in [0.4, 0.5) is 0 Å². The van der Waals surface area contributed by atoms with Crippen LogP contribution in [0.15, 0.2) is 35.3 Å². The van der Waals surface area contributed by atoms with Gasteiger partial charge in [-0.1, -0.05) is 11.6 Å². The van der Waals surface area contributed by atoms with E-state index < -0.39 is 11.5 Å². The molecule has 0 saturated heterocycles. The highest BCUT2D eigenvalue weighted by atomic mass is 35.5. The van der Waals surface area contributed by atoms with Gasteiger partial charge in [0.2, 0.25) is 0 Å². The van der Waals surface area contributed by atoms with Crippen LogP contribution in [0.25, 0.3) is 5.69 Å². The van der Waals surface area contributed by atoms with Crippen LogP contribution in [-0.4, -0.2) is 29.9 Å². The molecule has 2 rings (SSSR count). The maximum Gasteiger partial charge on any atom is 0.337 e. The fourth-order valence-corrected chi connectivity index (χ4v) is 2.07. The lowest BCUT2D eigenvalue weighted by Crippen LogP contribution is -2.19. The van der Waals surface area contributed by atoms with E-state index in [9.17, 15) is 9.59 Å². The van der Waals surface area contributed by atoms with Crippen LogP contribution < -0.4 is 15.0 Å². The number of rotatable bonds is 4. The van der Waals surface area contributed by atoms with Gasteiger partial charge < -0.3 is 14.6 Å². The molecular weight excluding hydrogens is 298 g/mol. The quantitative estimate of drug-likeness (QED) is 0.937. The molecule has 0 saturated carbocycles. The number of pyridine rings is 1. The normalized spacial score (nSPS) is 10.2. The number of ether oxygens (including phenoxy) is 2. The van der Waals surface area contributed by atoms with Crippen molar-refractivity contribution in [2.45, 2.75) is 0 Å². The van der Waals surface area contributed by atoms with E-state index in [4.69, 9.17) is 26.2 Å². The van der Waals surface area contributed by atoms with E-state index in [1.165, 1.54) is 49.2 Å². The summed E-state index contributed by atoms with van der Waals surface area (Å²) in [6, 6.07) is 5.41. The van der Waals surface area contributed by atoms with Crippen molar-refractivity contribution in [3.8, 4) is 17.2 Å². The molecule has 7 heteroatoms. The highest BCUT2D eigenvalue weighted by Gasteiger charge is 2.14. The number of carboxylic acids is 1. The predicted molar refractivity (Wildman–Crippen MR) is 77.1 cm³/mol. The molecule has 110 valence electrons.